The van der Waals surface area contributed by atoms with Crippen molar-refractivity contribution >= 4 is 29.9 Å². The van der Waals surface area contributed by atoms with Crippen LogP contribution in [-0.2, 0) is 29.0 Å². The molecule has 0 bridgehead atoms. The van der Waals surface area contributed by atoms with E-state index in [1.54, 1.807) is 7.11 Å². The van der Waals surface area contributed by atoms with E-state index in [9.17, 15) is 0 Å². The predicted octanol–water partition coefficient (Wildman–Crippen LogP) is 1.48. The topological polar surface area (TPSA) is 85.6 Å². The molecule has 2 N–H and O–H groups in total. The van der Waals surface area contributed by atoms with Gasteiger partial charge in [0.05, 0.1) is 12.6 Å². The smallest absolute Gasteiger partial charge is 0.191 e. The number of ether oxygens (including phenoxy) is 2. The number of hydrogen-bond donors (Lipinski definition) is 2. The van der Waals surface area contributed by atoms with E-state index in [4.69, 9.17) is 14.5 Å². The molecule has 1 aromatic heterocycles. The first-order valence-electron chi connectivity index (χ1n) is 9.36. The van der Waals surface area contributed by atoms with Gasteiger partial charge in [-0.15, -0.1) is 24.0 Å². The Kier molecular flexibility index (Phi) is 9.06. The first kappa shape index (κ1) is 21.4. The number of hydrogen-bond acceptors (Lipinski definition) is 5. The van der Waals surface area contributed by atoms with E-state index in [1.807, 2.05) is 4.68 Å². The van der Waals surface area contributed by atoms with Gasteiger partial charge in [0.15, 0.2) is 11.8 Å². The first-order chi connectivity index (χ1) is 12.3. The number of nitrogens with one attached hydrogen (secondary N) is 2. The Labute approximate surface area is 172 Å². The maximum absolute atomic E-state index is 5.67. The van der Waals surface area contributed by atoms with Crippen LogP contribution in [0.5, 0.6) is 0 Å². The molecule has 0 saturated carbocycles. The molecule has 2 aliphatic heterocycles. The summed E-state index contributed by atoms with van der Waals surface area (Å²) in [5, 5.41) is 11.4. The molecule has 1 aromatic rings. The minimum atomic E-state index is 0. The van der Waals surface area contributed by atoms with Gasteiger partial charge in [0.2, 0.25) is 0 Å². The highest BCUT2D eigenvalue weighted by Crippen LogP contribution is 2.15. The van der Waals surface area contributed by atoms with Gasteiger partial charge in [-0.2, -0.15) is 5.10 Å². The summed E-state index contributed by atoms with van der Waals surface area (Å²) in [5.74, 6) is 2.69. The number of rotatable bonds is 7. The molecule has 1 fully saturated rings. The molecular weight excluding hydrogens is 447 g/mol. The Balaban J connectivity index is 0.00000243. The Morgan fingerprint density at radius 3 is 3.04 bits per heavy atom. The van der Waals surface area contributed by atoms with Crippen LogP contribution >= 0.6 is 24.0 Å². The third kappa shape index (κ3) is 6.05. The number of fused-ring (bicyclic) bond motifs is 1. The molecule has 1 saturated heterocycles. The summed E-state index contributed by atoms with van der Waals surface area (Å²) in [5.41, 5.74) is 0. The van der Waals surface area contributed by atoms with Crippen molar-refractivity contribution in [3.8, 4) is 0 Å². The number of methoxy groups -OCH3 is 1. The van der Waals surface area contributed by atoms with Gasteiger partial charge in [0, 0.05) is 39.3 Å². The van der Waals surface area contributed by atoms with Crippen molar-refractivity contribution in [2.75, 3.05) is 26.8 Å². The Bertz CT molecular complexity index is 574. The summed E-state index contributed by atoms with van der Waals surface area (Å²) in [6.45, 7) is 5.91. The lowest BCUT2D eigenvalue weighted by atomic mass is 10.1. The molecule has 9 heteroatoms. The SMILES string of the molecule is CCNC(=NCCC1CCCO1)NC1CCc2nc(COC)nn2C1.I. The zero-order valence-electron chi connectivity index (χ0n) is 15.7. The standard InChI is InChI=1S/C17H30N6O2.HI/c1-3-18-17(19-9-8-14-5-4-10-25-14)20-13-6-7-16-21-15(12-24-2)22-23(16)11-13;/h13-14H,3-12H2,1-2H3,(H2,18,19,20);1H. The van der Waals surface area contributed by atoms with Crippen LogP contribution in [0.4, 0.5) is 0 Å². The highest BCUT2D eigenvalue weighted by molar-refractivity contribution is 14.0. The third-order valence-electron chi connectivity index (χ3n) is 4.61. The Hall–Kier alpha value is -0.940. The molecule has 8 nitrogen and oxygen atoms in total. The maximum Gasteiger partial charge on any atom is 0.191 e. The van der Waals surface area contributed by atoms with Gasteiger partial charge in [0.1, 0.15) is 12.4 Å². The lowest BCUT2D eigenvalue weighted by molar-refractivity contribution is 0.106. The first-order valence-corrected chi connectivity index (χ1v) is 9.36. The van der Waals surface area contributed by atoms with Crippen LogP contribution in [-0.4, -0.2) is 59.7 Å². The molecule has 0 aliphatic carbocycles. The zero-order valence-corrected chi connectivity index (χ0v) is 18.1. The van der Waals surface area contributed by atoms with Crippen LogP contribution in [0.2, 0.25) is 0 Å². The molecule has 0 spiro atoms. The molecule has 148 valence electrons. The van der Waals surface area contributed by atoms with E-state index in [0.717, 1.165) is 63.1 Å². The van der Waals surface area contributed by atoms with Gasteiger partial charge in [-0.1, -0.05) is 0 Å². The van der Waals surface area contributed by atoms with Gasteiger partial charge in [0.25, 0.3) is 0 Å². The highest BCUT2D eigenvalue weighted by atomic mass is 127. The molecule has 0 radical (unpaired) electrons. The fourth-order valence-electron chi connectivity index (χ4n) is 3.37. The second-order valence-electron chi connectivity index (χ2n) is 6.62. The zero-order chi connectivity index (χ0) is 17.5. The molecule has 0 amide bonds. The van der Waals surface area contributed by atoms with Crippen molar-refractivity contribution in [1.29, 1.82) is 0 Å². The van der Waals surface area contributed by atoms with E-state index in [2.05, 4.69) is 27.6 Å². The Morgan fingerprint density at radius 1 is 1.42 bits per heavy atom. The predicted molar refractivity (Wildman–Crippen MR) is 111 cm³/mol. The van der Waals surface area contributed by atoms with Crippen molar-refractivity contribution in [2.45, 2.75) is 64.3 Å². The van der Waals surface area contributed by atoms with Gasteiger partial charge >= 0.3 is 0 Å². The second kappa shape index (κ2) is 11.0. The van der Waals surface area contributed by atoms with Gasteiger partial charge in [-0.05, 0) is 32.6 Å². The Morgan fingerprint density at radius 2 is 2.31 bits per heavy atom. The van der Waals surface area contributed by atoms with Crippen molar-refractivity contribution in [3.63, 3.8) is 0 Å². The number of aryl methyl sites for hydroxylation is 1. The summed E-state index contributed by atoms with van der Waals surface area (Å²) >= 11 is 0. The summed E-state index contributed by atoms with van der Waals surface area (Å²) in [4.78, 5) is 9.23. The van der Waals surface area contributed by atoms with E-state index < -0.39 is 0 Å². The summed E-state index contributed by atoms with van der Waals surface area (Å²) < 4.78 is 12.8. The summed E-state index contributed by atoms with van der Waals surface area (Å²) in [6, 6.07) is 0.310. The van der Waals surface area contributed by atoms with Crippen molar-refractivity contribution < 1.29 is 9.47 Å². The molecule has 0 aromatic carbocycles. The minimum absolute atomic E-state index is 0. The highest BCUT2D eigenvalue weighted by Gasteiger charge is 2.22. The fraction of sp³-hybridized carbons (Fsp3) is 0.824. The molecule has 2 aliphatic rings. The average Bonchev–Trinajstić information content (AvgIpc) is 3.24. The number of aliphatic imine (C=N–C) groups is 1. The largest absolute Gasteiger partial charge is 0.378 e. The normalized spacial score (nSPS) is 22.6. The third-order valence-corrected chi connectivity index (χ3v) is 4.61. The van der Waals surface area contributed by atoms with E-state index >= 15 is 0 Å². The van der Waals surface area contributed by atoms with Gasteiger partial charge < -0.3 is 20.1 Å². The summed E-state index contributed by atoms with van der Waals surface area (Å²) in [6.07, 6.45) is 5.68. The number of halogens is 1. The van der Waals surface area contributed by atoms with Crippen molar-refractivity contribution in [3.05, 3.63) is 11.6 Å². The van der Waals surface area contributed by atoms with Crippen LogP contribution in [0.3, 0.4) is 0 Å². The molecular formula is C17H31IN6O2. The van der Waals surface area contributed by atoms with E-state index in [0.29, 0.717) is 18.8 Å². The van der Waals surface area contributed by atoms with Crippen LogP contribution in [0.25, 0.3) is 0 Å². The maximum atomic E-state index is 5.67. The molecule has 26 heavy (non-hydrogen) atoms. The molecule has 2 atom stereocenters. The number of guanidine groups is 1. The van der Waals surface area contributed by atoms with E-state index in [-0.39, 0.29) is 24.0 Å². The monoisotopic (exact) mass is 478 g/mol. The van der Waals surface area contributed by atoms with Crippen LogP contribution in [0.15, 0.2) is 4.99 Å². The van der Waals surface area contributed by atoms with Crippen LogP contribution in [0.1, 0.15) is 44.3 Å². The van der Waals surface area contributed by atoms with Crippen molar-refractivity contribution in [2.24, 2.45) is 4.99 Å². The molecule has 3 heterocycles. The van der Waals surface area contributed by atoms with E-state index in [1.165, 1.54) is 12.8 Å². The van der Waals surface area contributed by atoms with Crippen molar-refractivity contribution in [1.82, 2.24) is 25.4 Å². The van der Waals surface area contributed by atoms with Crippen LogP contribution < -0.4 is 10.6 Å². The average molecular weight is 478 g/mol. The van der Waals surface area contributed by atoms with Gasteiger partial charge in [-0.3, -0.25) is 4.99 Å². The lowest BCUT2D eigenvalue weighted by Gasteiger charge is -2.25. The number of nitrogens with zero attached hydrogens (tertiary/aromatic N) is 4. The second-order valence-corrected chi connectivity index (χ2v) is 6.62. The molecule has 2 unspecified atom stereocenters. The molecule has 3 rings (SSSR count). The minimum Gasteiger partial charge on any atom is -0.378 e. The fourth-order valence-corrected chi connectivity index (χ4v) is 3.37. The van der Waals surface area contributed by atoms with Gasteiger partial charge in [-0.25, -0.2) is 9.67 Å². The van der Waals surface area contributed by atoms with Crippen LogP contribution in [0, 0.1) is 0 Å². The summed E-state index contributed by atoms with van der Waals surface area (Å²) in [7, 11) is 1.67. The lowest BCUT2D eigenvalue weighted by Crippen LogP contribution is -2.47. The number of aromatic nitrogens is 3. The quantitative estimate of drug-likeness (QED) is 0.351.